The van der Waals surface area contributed by atoms with Crippen molar-refractivity contribution in [3.63, 3.8) is 0 Å². The standard InChI is InChI=1S/C18H15ClO4/c1-9(2)16-17(22)12-8-11(20)4-6-15(12)23-18(16)10-3-5-14(21)13(19)7-10/h3-9,20-21H,1-2H3. The highest BCUT2D eigenvalue weighted by molar-refractivity contribution is 6.32. The number of aromatic hydroxyl groups is 2. The Hall–Kier alpha value is -2.46. The van der Waals surface area contributed by atoms with E-state index in [1.54, 1.807) is 18.2 Å². The minimum atomic E-state index is -0.184. The molecule has 0 radical (unpaired) electrons. The molecular formula is C18H15ClO4. The lowest BCUT2D eigenvalue weighted by molar-refractivity contribution is 0.474. The number of benzene rings is 2. The van der Waals surface area contributed by atoms with E-state index in [0.717, 1.165) is 0 Å². The van der Waals surface area contributed by atoms with Gasteiger partial charge < -0.3 is 14.6 Å². The van der Waals surface area contributed by atoms with Crippen molar-refractivity contribution in [1.82, 2.24) is 0 Å². The summed E-state index contributed by atoms with van der Waals surface area (Å²) < 4.78 is 5.92. The SMILES string of the molecule is CC(C)c1c(-c2ccc(O)c(Cl)c2)oc2ccc(O)cc2c1=O. The van der Waals surface area contributed by atoms with Crippen LogP contribution in [0.4, 0.5) is 0 Å². The molecule has 4 nitrogen and oxygen atoms in total. The minimum Gasteiger partial charge on any atom is -0.508 e. The van der Waals surface area contributed by atoms with Crippen molar-refractivity contribution in [2.45, 2.75) is 19.8 Å². The van der Waals surface area contributed by atoms with Crippen LogP contribution in [0.1, 0.15) is 25.3 Å². The van der Waals surface area contributed by atoms with Gasteiger partial charge in [0.05, 0.1) is 10.4 Å². The Kier molecular flexibility index (Phi) is 3.78. The maximum Gasteiger partial charge on any atom is 0.196 e. The third-order valence-electron chi connectivity index (χ3n) is 3.70. The van der Waals surface area contributed by atoms with Crippen LogP contribution < -0.4 is 5.43 Å². The van der Waals surface area contributed by atoms with E-state index in [9.17, 15) is 15.0 Å². The van der Waals surface area contributed by atoms with Gasteiger partial charge in [-0.25, -0.2) is 0 Å². The lowest BCUT2D eigenvalue weighted by Crippen LogP contribution is -2.12. The second-order valence-corrected chi connectivity index (χ2v) is 6.08. The van der Waals surface area contributed by atoms with E-state index in [1.807, 2.05) is 13.8 Å². The predicted molar refractivity (Wildman–Crippen MR) is 90.3 cm³/mol. The Morgan fingerprint density at radius 1 is 1.09 bits per heavy atom. The van der Waals surface area contributed by atoms with Gasteiger partial charge in [0.15, 0.2) is 5.43 Å². The lowest BCUT2D eigenvalue weighted by atomic mass is 9.96. The van der Waals surface area contributed by atoms with Crippen molar-refractivity contribution >= 4 is 22.6 Å². The van der Waals surface area contributed by atoms with Crippen LogP contribution in [0, 0.1) is 0 Å². The van der Waals surface area contributed by atoms with Crippen LogP contribution in [-0.4, -0.2) is 10.2 Å². The van der Waals surface area contributed by atoms with Gasteiger partial charge in [-0.2, -0.15) is 0 Å². The fourth-order valence-corrected chi connectivity index (χ4v) is 2.77. The summed E-state index contributed by atoms with van der Waals surface area (Å²) in [6.07, 6.45) is 0. The summed E-state index contributed by atoms with van der Waals surface area (Å²) in [7, 11) is 0. The van der Waals surface area contributed by atoms with E-state index < -0.39 is 0 Å². The summed E-state index contributed by atoms with van der Waals surface area (Å²) in [6.45, 7) is 3.79. The maximum absolute atomic E-state index is 12.8. The summed E-state index contributed by atoms with van der Waals surface area (Å²) in [5, 5.41) is 19.7. The van der Waals surface area contributed by atoms with Crippen LogP contribution in [0.3, 0.4) is 0 Å². The fourth-order valence-electron chi connectivity index (χ4n) is 2.58. The smallest absolute Gasteiger partial charge is 0.196 e. The number of phenols is 2. The molecule has 1 aromatic heterocycles. The van der Waals surface area contributed by atoms with Crippen LogP contribution in [0.15, 0.2) is 45.6 Å². The van der Waals surface area contributed by atoms with Gasteiger partial charge in [0, 0.05) is 11.1 Å². The molecule has 0 amide bonds. The number of hydrogen-bond acceptors (Lipinski definition) is 4. The molecule has 1 heterocycles. The molecule has 0 saturated heterocycles. The molecule has 0 spiro atoms. The normalized spacial score (nSPS) is 11.3. The molecule has 118 valence electrons. The number of rotatable bonds is 2. The molecule has 0 aliphatic heterocycles. The zero-order valence-electron chi connectivity index (χ0n) is 12.6. The van der Waals surface area contributed by atoms with Gasteiger partial charge in [-0.3, -0.25) is 4.79 Å². The Morgan fingerprint density at radius 2 is 1.83 bits per heavy atom. The lowest BCUT2D eigenvalue weighted by Gasteiger charge is -2.13. The monoisotopic (exact) mass is 330 g/mol. The first-order valence-corrected chi connectivity index (χ1v) is 7.55. The second-order valence-electron chi connectivity index (χ2n) is 5.68. The highest BCUT2D eigenvalue weighted by atomic mass is 35.5. The van der Waals surface area contributed by atoms with Crippen molar-refractivity contribution in [1.29, 1.82) is 0 Å². The molecule has 0 atom stereocenters. The van der Waals surface area contributed by atoms with Crippen molar-refractivity contribution in [2.75, 3.05) is 0 Å². The molecule has 0 unspecified atom stereocenters. The summed E-state index contributed by atoms with van der Waals surface area (Å²) in [5.74, 6) is 0.320. The first kappa shape index (κ1) is 15.4. The summed E-state index contributed by atoms with van der Waals surface area (Å²) in [4.78, 5) is 12.8. The maximum atomic E-state index is 12.8. The molecule has 2 N–H and O–H groups in total. The third kappa shape index (κ3) is 2.66. The second kappa shape index (κ2) is 5.63. The topological polar surface area (TPSA) is 70.7 Å². The zero-order valence-corrected chi connectivity index (χ0v) is 13.4. The molecule has 0 aliphatic carbocycles. The average Bonchev–Trinajstić information content (AvgIpc) is 2.50. The molecule has 3 rings (SSSR count). The van der Waals surface area contributed by atoms with E-state index in [-0.39, 0.29) is 27.9 Å². The molecule has 23 heavy (non-hydrogen) atoms. The van der Waals surface area contributed by atoms with Crippen molar-refractivity contribution in [2.24, 2.45) is 0 Å². The van der Waals surface area contributed by atoms with Gasteiger partial charge in [0.1, 0.15) is 22.8 Å². The largest absolute Gasteiger partial charge is 0.508 e. The summed E-state index contributed by atoms with van der Waals surface area (Å²) in [5.41, 5.74) is 1.32. The Morgan fingerprint density at radius 3 is 2.48 bits per heavy atom. The van der Waals surface area contributed by atoms with Gasteiger partial charge in [0.25, 0.3) is 0 Å². The van der Waals surface area contributed by atoms with Gasteiger partial charge in [0.2, 0.25) is 0 Å². The first-order chi connectivity index (χ1) is 10.9. The fraction of sp³-hybridized carbons (Fsp3) is 0.167. The van der Waals surface area contributed by atoms with Crippen molar-refractivity contribution in [3.8, 4) is 22.8 Å². The van der Waals surface area contributed by atoms with Crippen LogP contribution in [-0.2, 0) is 0 Å². The van der Waals surface area contributed by atoms with E-state index >= 15 is 0 Å². The van der Waals surface area contributed by atoms with Gasteiger partial charge in [-0.15, -0.1) is 0 Å². The number of halogens is 1. The molecule has 3 aromatic rings. The average molecular weight is 331 g/mol. The predicted octanol–water partition coefficient (Wildman–Crippen LogP) is 4.65. The minimum absolute atomic E-state index is 0.0138. The van der Waals surface area contributed by atoms with E-state index in [0.29, 0.717) is 27.9 Å². The molecule has 0 saturated carbocycles. The molecule has 0 bridgehead atoms. The van der Waals surface area contributed by atoms with Crippen molar-refractivity contribution in [3.05, 3.63) is 57.2 Å². The first-order valence-electron chi connectivity index (χ1n) is 7.17. The number of phenolic OH excluding ortho intramolecular Hbond substituents is 2. The third-order valence-corrected chi connectivity index (χ3v) is 4.00. The van der Waals surface area contributed by atoms with E-state index in [1.165, 1.54) is 18.2 Å². The van der Waals surface area contributed by atoms with E-state index in [2.05, 4.69) is 0 Å². The Bertz CT molecular complexity index is 957. The zero-order chi connectivity index (χ0) is 16.7. The molecule has 0 fully saturated rings. The van der Waals surface area contributed by atoms with Crippen LogP contribution in [0.5, 0.6) is 11.5 Å². The van der Waals surface area contributed by atoms with Crippen LogP contribution in [0.2, 0.25) is 5.02 Å². The molecule has 0 aliphatic rings. The van der Waals surface area contributed by atoms with Crippen molar-refractivity contribution < 1.29 is 14.6 Å². The Labute approximate surface area is 137 Å². The van der Waals surface area contributed by atoms with Crippen LogP contribution >= 0.6 is 11.6 Å². The van der Waals surface area contributed by atoms with Gasteiger partial charge in [-0.1, -0.05) is 25.4 Å². The number of fused-ring (bicyclic) bond motifs is 1. The highest BCUT2D eigenvalue weighted by Crippen LogP contribution is 2.34. The summed E-state index contributed by atoms with van der Waals surface area (Å²) >= 11 is 5.97. The van der Waals surface area contributed by atoms with E-state index in [4.69, 9.17) is 16.0 Å². The molecule has 2 aromatic carbocycles. The molecule has 5 heteroatoms. The van der Waals surface area contributed by atoms with Gasteiger partial charge in [-0.05, 0) is 42.3 Å². The quantitative estimate of drug-likeness (QED) is 0.717. The summed E-state index contributed by atoms with van der Waals surface area (Å²) in [6, 6.07) is 9.10. The number of hydrogen-bond donors (Lipinski definition) is 2. The highest BCUT2D eigenvalue weighted by Gasteiger charge is 2.19. The van der Waals surface area contributed by atoms with Crippen LogP contribution in [0.25, 0.3) is 22.3 Å². The van der Waals surface area contributed by atoms with Gasteiger partial charge >= 0.3 is 0 Å². The Balaban J connectivity index is 2.39. The molecular weight excluding hydrogens is 316 g/mol.